The lowest BCUT2D eigenvalue weighted by Gasteiger charge is -2.15. The van der Waals surface area contributed by atoms with Gasteiger partial charge < -0.3 is 9.73 Å². The second kappa shape index (κ2) is 6.28. The normalized spacial score (nSPS) is 12.6. The molecule has 0 spiro atoms. The van der Waals surface area contributed by atoms with Crippen LogP contribution in [-0.4, -0.2) is 6.54 Å². The largest absolute Gasteiger partial charge is 0.448 e. The van der Waals surface area contributed by atoms with E-state index in [9.17, 15) is 0 Å². The zero-order chi connectivity index (χ0) is 13.0. The Kier molecular flexibility index (Phi) is 4.70. The number of nitrogens with one attached hydrogen (secondary N) is 1. The molecule has 2 nitrogen and oxygen atoms in total. The van der Waals surface area contributed by atoms with Crippen LogP contribution in [0.4, 0.5) is 0 Å². The second-order valence-corrected chi connectivity index (χ2v) is 4.89. The lowest BCUT2D eigenvalue weighted by molar-refractivity contribution is 0.417. The molecule has 1 heterocycles. The highest BCUT2D eigenvalue weighted by Crippen LogP contribution is 2.23. The highest BCUT2D eigenvalue weighted by atomic mass is 35.5. The second-order valence-electron chi connectivity index (χ2n) is 4.08. The fraction of sp³-hybridized carbons (Fsp3) is 0.286. The first-order valence-corrected chi connectivity index (χ1v) is 6.67. The molecule has 0 fully saturated rings. The van der Waals surface area contributed by atoms with E-state index in [2.05, 4.69) is 12.2 Å². The van der Waals surface area contributed by atoms with Crippen LogP contribution in [0.3, 0.4) is 0 Å². The molecule has 2 rings (SSSR count). The van der Waals surface area contributed by atoms with Crippen LogP contribution in [0.5, 0.6) is 0 Å². The van der Waals surface area contributed by atoms with Crippen LogP contribution in [0.15, 0.2) is 40.8 Å². The monoisotopic (exact) mass is 283 g/mol. The van der Waals surface area contributed by atoms with Crippen LogP contribution >= 0.6 is 23.2 Å². The Balaban J connectivity index is 2.13. The zero-order valence-corrected chi connectivity index (χ0v) is 11.6. The lowest BCUT2D eigenvalue weighted by atomic mass is 10.0. The topological polar surface area (TPSA) is 25.2 Å². The molecular formula is C14H15Cl2NO. The molecule has 0 bridgehead atoms. The van der Waals surface area contributed by atoms with Gasteiger partial charge in [-0.2, -0.15) is 0 Å². The van der Waals surface area contributed by atoms with Crippen molar-refractivity contribution < 1.29 is 4.42 Å². The molecule has 1 atom stereocenters. The number of rotatable bonds is 5. The van der Waals surface area contributed by atoms with Crippen molar-refractivity contribution in [2.45, 2.75) is 19.4 Å². The molecule has 0 aliphatic carbocycles. The molecule has 0 radical (unpaired) electrons. The third-order valence-corrected chi connectivity index (χ3v) is 3.20. The van der Waals surface area contributed by atoms with E-state index in [1.807, 2.05) is 30.3 Å². The fourth-order valence-corrected chi connectivity index (χ4v) is 2.17. The summed E-state index contributed by atoms with van der Waals surface area (Å²) in [5.41, 5.74) is 1.21. The average molecular weight is 284 g/mol. The minimum Gasteiger partial charge on any atom is -0.448 e. The maximum Gasteiger partial charge on any atom is 0.193 e. The molecule has 0 saturated heterocycles. The minimum atomic E-state index is 0.128. The maximum atomic E-state index is 5.88. The van der Waals surface area contributed by atoms with Crippen molar-refractivity contribution in [1.29, 1.82) is 0 Å². The summed E-state index contributed by atoms with van der Waals surface area (Å²) in [7, 11) is 0. The summed E-state index contributed by atoms with van der Waals surface area (Å²) < 4.78 is 5.47. The Labute approximate surface area is 117 Å². The Morgan fingerprint density at radius 1 is 1.11 bits per heavy atom. The summed E-state index contributed by atoms with van der Waals surface area (Å²) in [5, 5.41) is 4.56. The quantitative estimate of drug-likeness (QED) is 0.875. The highest BCUT2D eigenvalue weighted by molar-refractivity contribution is 6.30. The smallest absolute Gasteiger partial charge is 0.193 e. The van der Waals surface area contributed by atoms with Crippen molar-refractivity contribution >= 4 is 23.2 Å². The predicted octanol–water partition coefficient (Wildman–Crippen LogP) is 4.48. The van der Waals surface area contributed by atoms with Crippen molar-refractivity contribution in [3.8, 4) is 0 Å². The van der Waals surface area contributed by atoms with Gasteiger partial charge >= 0.3 is 0 Å². The maximum absolute atomic E-state index is 5.88. The first-order valence-electron chi connectivity index (χ1n) is 5.92. The first kappa shape index (κ1) is 13.5. The number of hydrogen-bond donors (Lipinski definition) is 1. The molecule has 1 aromatic carbocycles. The number of furan rings is 1. The first-order chi connectivity index (χ1) is 8.69. The Morgan fingerprint density at radius 3 is 2.39 bits per heavy atom. The SMILES string of the molecule is CCNC(Cc1ccc(Cl)cc1)c1ccc(Cl)o1. The molecular weight excluding hydrogens is 269 g/mol. The van der Waals surface area contributed by atoms with E-state index in [0.29, 0.717) is 5.22 Å². The average Bonchev–Trinajstić information content (AvgIpc) is 2.78. The van der Waals surface area contributed by atoms with Gasteiger partial charge in [-0.15, -0.1) is 0 Å². The van der Waals surface area contributed by atoms with E-state index in [1.165, 1.54) is 5.56 Å². The van der Waals surface area contributed by atoms with Crippen molar-refractivity contribution in [3.05, 3.63) is 58.0 Å². The third kappa shape index (κ3) is 3.52. The zero-order valence-electron chi connectivity index (χ0n) is 10.1. The molecule has 4 heteroatoms. The Bertz CT molecular complexity index is 493. The number of hydrogen-bond acceptors (Lipinski definition) is 2. The molecule has 0 saturated carbocycles. The van der Waals surface area contributed by atoms with Gasteiger partial charge in [0.25, 0.3) is 0 Å². The number of benzene rings is 1. The summed E-state index contributed by atoms with van der Waals surface area (Å²) in [4.78, 5) is 0. The molecule has 96 valence electrons. The van der Waals surface area contributed by atoms with E-state index < -0.39 is 0 Å². The van der Waals surface area contributed by atoms with Gasteiger partial charge in [0.05, 0.1) is 6.04 Å². The van der Waals surface area contributed by atoms with Crippen LogP contribution in [0, 0.1) is 0 Å². The van der Waals surface area contributed by atoms with Gasteiger partial charge in [-0.25, -0.2) is 0 Å². The van der Waals surface area contributed by atoms with Gasteiger partial charge in [-0.05, 0) is 54.4 Å². The summed E-state index contributed by atoms with van der Waals surface area (Å²) in [6, 6.07) is 11.6. The highest BCUT2D eigenvalue weighted by Gasteiger charge is 2.15. The van der Waals surface area contributed by atoms with E-state index >= 15 is 0 Å². The van der Waals surface area contributed by atoms with Crippen LogP contribution in [0.2, 0.25) is 10.2 Å². The standard InChI is InChI=1S/C14H15Cl2NO/c1-2-17-12(13-7-8-14(16)18-13)9-10-3-5-11(15)6-4-10/h3-8,12,17H,2,9H2,1H3. The number of likely N-dealkylation sites (N-methyl/N-ethyl adjacent to an activating group) is 1. The van der Waals surface area contributed by atoms with Crippen LogP contribution in [0.1, 0.15) is 24.3 Å². The molecule has 1 unspecified atom stereocenters. The van der Waals surface area contributed by atoms with Gasteiger partial charge in [0.1, 0.15) is 5.76 Å². The van der Waals surface area contributed by atoms with Crippen molar-refractivity contribution in [2.75, 3.05) is 6.54 Å². The predicted molar refractivity (Wildman–Crippen MR) is 75.3 cm³/mol. The molecule has 2 aromatic rings. The Morgan fingerprint density at radius 2 is 1.83 bits per heavy atom. The fourth-order valence-electron chi connectivity index (χ4n) is 1.89. The van der Waals surface area contributed by atoms with Gasteiger partial charge in [0.2, 0.25) is 0 Å². The molecule has 1 aromatic heterocycles. The van der Waals surface area contributed by atoms with Gasteiger partial charge in [-0.3, -0.25) is 0 Å². The van der Waals surface area contributed by atoms with Crippen molar-refractivity contribution in [2.24, 2.45) is 0 Å². The van der Waals surface area contributed by atoms with Crippen LogP contribution < -0.4 is 5.32 Å². The van der Waals surface area contributed by atoms with Gasteiger partial charge in [-0.1, -0.05) is 30.7 Å². The molecule has 1 N–H and O–H groups in total. The molecule has 0 aliphatic heterocycles. The third-order valence-electron chi connectivity index (χ3n) is 2.74. The lowest BCUT2D eigenvalue weighted by Crippen LogP contribution is -2.22. The summed E-state index contributed by atoms with van der Waals surface area (Å²) >= 11 is 11.7. The molecule has 0 aliphatic rings. The summed E-state index contributed by atoms with van der Waals surface area (Å²) in [6.45, 7) is 2.94. The van der Waals surface area contributed by atoms with Crippen LogP contribution in [-0.2, 0) is 6.42 Å². The van der Waals surface area contributed by atoms with E-state index in [-0.39, 0.29) is 6.04 Å². The van der Waals surface area contributed by atoms with Gasteiger partial charge in [0.15, 0.2) is 5.22 Å². The summed E-state index contributed by atoms with van der Waals surface area (Å²) in [5.74, 6) is 0.858. The Hall–Kier alpha value is -0.960. The molecule has 0 amide bonds. The van der Waals surface area contributed by atoms with E-state index in [1.54, 1.807) is 6.07 Å². The molecule has 18 heavy (non-hydrogen) atoms. The number of halogens is 2. The van der Waals surface area contributed by atoms with Crippen molar-refractivity contribution in [3.63, 3.8) is 0 Å². The van der Waals surface area contributed by atoms with E-state index in [4.69, 9.17) is 27.6 Å². The van der Waals surface area contributed by atoms with Crippen molar-refractivity contribution in [1.82, 2.24) is 5.32 Å². The van der Waals surface area contributed by atoms with E-state index in [0.717, 1.165) is 23.7 Å². The van der Waals surface area contributed by atoms with Gasteiger partial charge in [0, 0.05) is 5.02 Å². The minimum absolute atomic E-state index is 0.128. The van der Waals surface area contributed by atoms with Crippen LogP contribution in [0.25, 0.3) is 0 Å². The summed E-state index contributed by atoms with van der Waals surface area (Å²) in [6.07, 6.45) is 0.842.